The molecule has 0 saturated carbocycles. The zero-order chi connectivity index (χ0) is 25.2. The molecule has 2 heterocycles. The molecule has 2 aromatic carbocycles. The molecule has 35 heavy (non-hydrogen) atoms. The minimum atomic E-state index is -4.61. The van der Waals surface area contributed by atoms with E-state index in [-0.39, 0.29) is 23.1 Å². The molecule has 1 fully saturated rings. The van der Waals surface area contributed by atoms with Gasteiger partial charge >= 0.3 is 0 Å². The summed E-state index contributed by atoms with van der Waals surface area (Å²) in [5, 5.41) is 10.7. The normalized spacial score (nSPS) is 13.4. The van der Waals surface area contributed by atoms with Gasteiger partial charge in [-0.25, -0.2) is 4.98 Å². The van der Waals surface area contributed by atoms with Crippen molar-refractivity contribution < 1.29 is 27.3 Å². The van der Waals surface area contributed by atoms with Gasteiger partial charge in [0, 0.05) is 22.1 Å². The zero-order valence-electron chi connectivity index (χ0n) is 17.9. The number of rotatable bonds is 7. The smallest absolute Gasteiger partial charge is 0.289 e. The average Bonchev–Trinajstić information content (AvgIpc) is 3.47. The largest absolute Gasteiger partial charge is 0.463 e. The van der Waals surface area contributed by atoms with Gasteiger partial charge in [0.05, 0.1) is 12.9 Å². The summed E-state index contributed by atoms with van der Waals surface area (Å²) < 4.78 is 37.6. The standard InChI is InChI=1S/C21H19ClN6O6S/c22-13-1-5-16(6-2-13)28(12-35(31,32)33)20(30)18-17(24-11-25-18)19(29)26-14-3-7-15(8-4-14)27-9-10-34-21(27)23/h1-8,11,23H,9-10,12H2,(H,24,25)(H,26,29)(H,31,32,33). The number of nitrogens with one attached hydrogen (secondary N) is 3. The average molecular weight is 519 g/mol. The first-order valence-corrected chi connectivity index (χ1v) is 12.1. The lowest BCUT2D eigenvalue weighted by atomic mass is 10.2. The van der Waals surface area contributed by atoms with E-state index in [4.69, 9.17) is 21.7 Å². The maximum Gasteiger partial charge on any atom is 0.289 e. The van der Waals surface area contributed by atoms with Crippen LogP contribution in [0.25, 0.3) is 0 Å². The number of nitrogens with zero attached hydrogens (tertiary/aromatic N) is 3. The van der Waals surface area contributed by atoms with Gasteiger partial charge in [-0.1, -0.05) is 11.6 Å². The number of halogens is 1. The molecule has 4 N–H and O–H groups in total. The van der Waals surface area contributed by atoms with E-state index >= 15 is 0 Å². The van der Waals surface area contributed by atoms with Crippen LogP contribution in [-0.2, 0) is 14.9 Å². The van der Waals surface area contributed by atoms with Gasteiger partial charge in [-0.3, -0.25) is 29.4 Å². The molecule has 4 rings (SSSR count). The molecule has 1 saturated heterocycles. The first-order chi connectivity index (χ1) is 16.6. The summed E-state index contributed by atoms with van der Waals surface area (Å²) in [4.78, 5) is 35.0. The van der Waals surface area contributed by atoms with Crippen molar-refractivity contribution in [2.75, 3.05) is 34.1 Å². The lowest BCUT2D eigenvalue weighted by molar-refractivity contribution is 0.0965. The molecule has 0 aliphatic carbocycles. The Bertz CT molecular complexity index is 1370. The third kappa shape index (κ3) is 5.59. The summed E-state index contributed by atoms with van der Waals surface area (Å²) in [5.74, 6) is -2.68. The van der Waals surface area contributed by atoms with Crippen molar-refractivity contribution in [1.29, 1.82) is 5.41 Å². The fraction of sp³-hybridized carbons (Fsp3) is 0.143. The second-order valence-electron chi connectivity index (χ2n) is 7.35. The van der Waals surface area contributed by atoms with E-state index in [0.29, 0.717) is 29.5 Å². The number of aromatic amines is 1. The molecule has 1 aliphatic rings. The first kappa shape index (κ1) is 24.2. The van der Waals surface area contributed by atoms with Gasteiger partial charge in [-0.05, 0) is 48.5 Å². The summed E-state index contributed by atoms with van der Waals surface area (Å²) in [6.45, 7) is 0.955. The van der Waals surface area contributed by atoms with E-state index in [0.717, 1.165) is 11.2 Å². The van der Waals surface area contributed by atoms with Crippen LogP contribution in [-0.4, -0.2) is 59.8 Å². The SMILES string of the molecule is N=C1OCCN1c1ccc(NC(=O)c2[nH]cnc2C(=O)N(CS(=O)(=O)O)c2ccc(Cl)cc2)cc1. The Labute approximate surface area is 204 Å². The fourth-order valence-corrected chi connectivity index (χ4v) is 4.09. The number of anilines is 3. The minimum Gasteiger partial charge on any atom is -0.463 e. The second kappa shape index (κ2) is 9.74. The molecule has 12 nitrogen and oxygen atoms in total. The maximum absolute atomic E-state index is 13.2. The number of hydrogen-bond donors (Lipinski definition) is 4. The highest BCUT2D eigenvalue weighted by Crippen LogP contribution is 2.23. The van der Waals surface area contributed by atoms with Gasteiger partial charge < -0.3 is 15.0 Å². The van der Waals surface area contributed by atoms with E-state index in [1.807, 2.05) is 0 Å². The highest BCUT2D eigenvalue weighted by Gasteiger charge is 2.29. The number of benzene rings is 2. The summed E-state index contributed by atoms with van der Waals surface area (Å²) in [6, 6.07) is 12.4. The maximum atomic E-state index is 13.2. The van der Waals surface area contributed by atoms with Gasteiger partial charge in [0.25, 0.3) is 28.0 Å². The van der Waals surface area contributed by atoms with E-state index in [1.165, 1.54) is 24.3 Å². The number of hydrogen-bond acceptors (Lipinski definition) is 7. The number of H-pyrrole nitrogens is 1. The summed E-state index contributed by atoms with van der Waals surface area (Å²) >= 11 is 5.87. The predicted octanol–water partition coefficient (Wildman–Crippen LogP) is 2.58. The van der Waals surface area contributed by atoms with Gasteiger partial charge in [0.1, 0.15) is 12.3 Å². The third-order valence-corrected chi connectivity index (χ3v) is 5.82. The van der Waals surface area contributed by atoms with Gasteiger partial charge in [-0.2, -0.15) is 8.42 Å². The lowest BCUT2D eigenvalue weighted by Gasteiger charge is -2.21. The number of carbonyl (C=O) groups is 2. The minimum absolute atomic E-state index is 0.0394. The van der Waals surface area contributed by atoms with Crippen LogP contribution in [0.3, 0.4) is 0 Å². The first-order valence-electron chi connectivity index (χ1n) is 10.1. The van der Waals surface area contributed by atoms with Crippen LogP contribution in [0.2, 0.25) is 5.02 Å². The molecule has 182 valence electrons. The van der Waals surface area contributed by atoms with Crippen LogP contribution >= 0.6 is 11.6 Å². The Kier molecular flexibility index (Phi) is 6.73. The Morgan fingerprint density at radius 3 is 2.49 bits per heavy atom. The number of imidazole rings is 1. The molecule has 1 aliphatic heterocycles. The highest BCUT2D eigenvalue weighted by atomic mass is 35.5. The quantitative estimate of drug-likeness (QED) is 0.346. The van der Waals surface area contributed by atoms with Crippen molar-refractivity contribution in [1.82, 2.24) is 9.97 Å². The zero-order valence-corrected chi connectivity index (χ0v) is 19.5. The third-order valence-electron chi connectivity index (χ3n) is 4.98. The molecule has 0 atom stereocenters. The van der Waals surface area contributed by atoms with E-state index in [1.54, 1.807) is 29.2 Å². The number of carbonyl (C=O) groups excluding carboxylic acids is 2. The Morgan fingerprint density at radius 1 is 1.20 bits per heavy atom. The van der Waals surface area contributed by atoms with Crippen molar-refractivity contribution in [3.8, 4) is 0 Å². The van der Waals surface area contributed by atoms with E-state index in [2.05, 4.69) is 15.3 Å². The van der Waals surface area contributed by atoms with Gasteiger partial charge in [0.15, 0.2) is 11.6 Å². The Morgan fingerprint density at radius 2 is 1.89 bits per heavy atom. The topological polar surface area (TPSA) is 169 Å². The summed E-state index contributed by atoms with van der Waals surface area (Å²) in [6.07, 6.45) is 1.12. The molecule has 14 heteroatoms. The number of amides is 2. The van der Waals surface area contributed by atoms with Crippen molar-refractivity contribution >= 4 is 56.6 Å². The van der Waals surface area contributed by atoms with Crippen LogP contribution < -0.4 is 15.1 Å². The van der Waals surface area contributed by atoms with Crippen molar-refractivity contribution in [2.24, 2.45) is 0 Å². The molecular formula is C21H19ClN6O6S. The highest BCUT2D eigenvalue weighted by molar-refractivity contribution is 7.85. The van der Waals surface area contributed by atoms with Crippen molar-refractivity contribution in [2.45, 2.75) is 0 Å². The van der Waals surface area contributed by atoms with E-state index in [9.17, 15) is 22.6 Å². The predicted molar refractivity (Wildman–Crippen MR) is 129 cm³/mol. The molecule has 0 radical (unpaired) electrons. The van der Waals surface area contributed by atoms with Gasteiger partial charge in [-0.15, -0.1) is 0 Å². The molecule has 3 aromatic rings. The second-order valence-corrected chi connectivity index (χ2v) is 9.21. The van der Waals surface area contributed by atoms with Crippen LogP contribution in [0.1, 0.15) is 21.0 Å². The summed E-state index contributed by atoms with van der Waals surface area (Å²) in [7, 11) is -4.61. The van der Waals surface area contributed by atoms with Crippen LogP contribution in [0.4, 0.5) is 17.1 Å². The molecule has 2 amide bonds. The lowest BCUT2D eigenvalue weighted by Crippen LogP contribution is -2.37. The van der Waals surface area contributed by atoms with Crippen LogP contribution in [0, 0.1) is 5.41 Å². The Balaban J connectivity index is 1.55. The number of amidine groups is 1. The Hall–Kier alpha value is -3.94. The molecule has 0 unspecified atom stereocenters. The van der Waals surface area contributed by atoms with E-state index < -0.39 is 27.8 Å². The van der Waals surface area contributed by atoms with Crippen LogP contribution in [0.15, 0.2) is 54.9 Å². The summed E-state index contributed by atoms with van der Waals surface area (Å²) in [5.41, 5.74) is 0.694. The van der Waals surface area contributed by atoms with Crippen molar-refractivity contribution in [3.05, 3.63) is 71.3 Å². The molecule has 0 bridgehead atoms. The molecule has 1 aromatic heterocycles. The molecular weight excluding hydrogens is 500 g/mol. The monoisotopic (exact) mass is 518 g/mol. The molecule has 0 spiro atoms. The fourth-order valence-electron chi connectivity index (χ4n) is 3.37. The van der Waals surface area contributed by atoms with Crippen LogP contribution in [0.5, 0.6) is 0 Å². The number of aromatic nitrogens is 2. The number of ether oxygens (including phenoxy) is 1. The van der Waals surface area contributed by atoms with Crippen molar-refractivity contribution in [3.63, 3.8) is 0 Å². The van der Waals surface area contributed by atoms with Gasteiger partial charge in [0.2, 0.25) is 0 Å².